The van der Waals surface area contributed by atoms with Crippen LogP contribution < -0.4 is 15.9 Å². The van der Waals surface area contributed by atoms with Crippen molar-refractivity contribution >= 4 is 30.3 Å². The van der Waals surface area contributed by atoms with E-state index in [1.54, 1.807) is 12.1 Å². The van der Waals surface area contributed by atoms with Gasteiger partial charge in [0, 0.05) is 19.6 Å². The number of methoxy groups -OCH3 is 1. The van der Waals surface area contributed by atoms with Crippen LogP contribution in [0.4, 0.5) is 5.82 Å². The molecule has 4 rings (SSSR count). The molecule has 1 saturated heterocycles. The summed E-state index contributed by atoms with van der Waals surface area (Å²) in [7, 11) is 1.45. The first-order chi connectivity index (χ1) is 15.6. The Bertz CT molecular complexity index is 1130. The van der Waals surface area contributed by atoms with Gasteiger partial charge in [0.05, 0.1) is 26.5 Å². The van der Waals surface area contributed by atoms with Gasteiger partial charge in [-0.1, -0.05) is 5.21 Å². The molecule has 0 atom stereocenters. The summed E-state index contributed by atoms with van der Waals surface area (Å²) in [5.41, 5.74) is 9.25. The highest BCUT2D eigenvalue weighted by atomic mass is 35.5. The SMILES string of the molecule is COc1ccc(/C=N/NC(=O)c2c(CN3CCOCC3)nnn2-c2nonc2N)cc1O.Cl. The number of nitrogen functional groups attached to an aromatic ring is 1. The minimum Gasteiger partial charge on any atom is -0.504 e. The van der Waals surface area contributed by atoms with Crippen molar-refractivity contribution in [2.45, 2.75) is 6.54 Å². The van der Waals surface area contributed by atoms with Crippen LogP contribution in [0.5, 0.6) is 11.5 Å². The van der Waals surface area contributed by atoms with E-state index in [0.29, 0.717) is 49.9 Å². The van der Waals surface area contributed by atoms with Crippen LogP contribution in [0.2, 0.25) is 0 Å². The third-order valence-corrected chi connectivity index (χ3v) is 4.71. The lowest BCUT2D eigenvalue weighted by molar-refractivity contribution is 0.0335. The second kappa shape index (κ2) is 10.7. The summed E-state index contributed by atoms with van der Waals surface area (Å²) in [4.78, 5) is 15.1. The van der Waals surface area contributed by atoms with Crippen molar-refractivity contribution in [3.05, 3.63) is 35.2 Å². The molecule has 1 amide bonds. The highest BCUT2D eigenvalue weighted by Gasteiger charge is 2.26. The number of phenolic OH excluding ortho intramolecular Hbond substituents is 1. The molecule has 1 aliphatic heterocycles. The fraction of sp³-hybridized carbons (Fsp3) is 0.333. The van der Waals surface area contributed by atoms with Crippen LogP contribution in [0.3, 0.4) is 0 Å². The molecule has 1 fully saturated rings. The maximum Gasteiger partial charge on any atom is 0.292 e. The normalized spacial score (nSPS) is 14.2. The van der Waals surface area contributed by atoms with Gasteiger partial charge < -0.3 is 20.3 Å². The number of carbonyl (C=O) groups excluding carboxylic acids is 1. The molecule has 176 valence electrons. The molecule has 0 saturated carbocycles. The maximum absolute atomic E-state index is 13.0. The quantitative estimate of drug-likeness (QED) is 0.305. The first kappa shape index (κ1) is 23.9. The summed E-state index contributed by atoms with van der Waals surface area (Å²) >= 11 is 0. The molecule has 14 nitrogen and oxygen atoms in total. The van der Waals surface area contributed by atoms with Gasteiger partial charge in [-0.25, -0.2) is 10.1 Å². The fourth-order valence-electron chi connectivity index (χ4n) is 3.11. The number of rotatable bonds is 7. The van der Waals surface area contributed by atoms with Crippen LogP contribution in [0.25, 0.3) is 5.82 Å². The Kier molecular flexibility index (Phi) is 7.76. The van der Waals surface area contributed by atoms with E-state index in [0.717, 1.165) is 4.68 Å². The number of anilines is 1. The Morgan fingerprint density at radius 2 is 2.15 bits per heavy atom. The number of nitrogens with two attached hydrogens (primary N) is 1. The molecule has 0 aliphatic carbocycles. The van der Waals surface area contributed by atoms with Gasteiger partial charge in [0.1, 0.15) is 5.69 Å². The van der Waals surface area contributed by atoms with Gasteiger partial charge in [0.2, 0.25) is 11.6 Å². The number of phenols is 1. The smallest absolute Gasteiger partial charge is 0.292 e. The molecule has 1 aliphatic rings. The van der Waals surface area contributed by atoms with Crippen LogP contribution in [0, 0.1) is 0 Å². The van der Waals surface area contributed by atoms with Gasteiger partial charge >= 0.3 is 0 Å². The third kappa shape index (κ3) is 5.36. The lowest BCUT2D eigenvalue weighted by atomic mass is 10.2. The van der Waals surface area contributed by atoms with Gasteiger partial charge in [-0.05, 0) is 34.1 Å². The predicted octanol–water partition coefficient (Wildman–Crippen LogP) is -0.0354. The Labute approximate surface area is 193 Å². The number of aromatic hydroxyl groups is 1. The predicted molar refractivity (Wildman–Crippen MR) is 117 cm³/mol. The van der Waals surface area contributed by atoms with E-state index < -0.39 is 5.91 Å². The van der Waals surface area contributed by atoms with E-state index in [1.165, 1.54) is 19.4 Å². The Morgan fingerprint density at radius 1 is 1.36 bits per heavy atom. The average Bonchev–Trinajstić information content (AvgIpc) is 3.40. The molecule has 3 aromatic rings. The highest BCUT2D eigenvalue weighted by molar-refractivity contribution is 5.95. The van der Waals surface area contributed by atoms with E-state index in [4.69, 9.17) is 15.2 Å². The molecule has 0 bridgehead atoms. The van der Waals surface area contributed by atoms with Crippen molar-refractivity contribution in [3.63, 3.8) is 0 Å². The lowest BCUT2D eigenvalue weighted by Gasteiger charge is -2.25. The van der Waals surface area contributed by atoms with E-state index in [1.807, 2.05) is 0 Å². The number of nitrogens with one attached hydrogen (secondary N) is 1. The summed E-state index contributed by atoms with van der Waals surface area (Å²) in [6, 6.07) is 4.70. The van der Waals surface area contributed by atoms with Crippen molar-refractivity contribution in [2.24, 2.45) is 5.10 Å². The van der Waals surface area contributed by atoms with Gasteiger partial charge in [-0.2, -0.15) is 9.78 Å². The number of nitrogens with zero attached hydrogens (tertiary/aromatic N) is 7. The summed E-state index contributed by atoms with van der Waals surface area (Å²) in [5.74, 6) is -0.312. The van der Waals surface area contributed by atoms with Crippen LogP contribution in [0.1, 0.15) is 21.7 Å². The van der Waals surface area contributed by atoms with Gasteiger partial charge in [0.25, 0.3) is 5.91 Å². The molecule has 1 aromatic carbocycles. The molecular weight excluding hydrogens is 458 g/mol. The Balaban J connectivity index is 0.00000306. The van der Waals surface area contributed by atoms with Crippen molar-refractivity contribution in [3.8, 4) is 17.3 Å². The van der Waals surface area contributed by atoms with Gasteiger partial charge in [-0.15, -0.1) is 17.5 Å². The van der Waals surface area contributed by atoms with E-state index in [2.05, 4.69) is 40.7 Å². The molecule has 0 unspecified atom stereocenters. The number of hydrogen-bond donors (Lipinski definition) is 3. The Morgan fingerprint density at radius 3 is 2.82 bits per heavy atom. The molecule has 2 aromatic heterocycles. The number of carbonyl (C=O) groups is 1. The third-order valence-electron chi connectivity index (χ3n) is 4.71. The molecule has 0 radical (unpaired) electrons. The molecule has 3 heterocycles. The van der Waals surface area contributed by atoms with E-state index >= 15 is 0 Å². The van der Waals surface area contributed by atoms with Crippen LogP contribution >= 0.6 is 12.4 Å². The molecule has 33 heavy (non-hydrogen) atoms. The van der Waals surface area contributed by atoms with Gasteiger partial charge in [-0.3, -0.25) is 9.69 Å². The molecule has 15 heteroatoms. The van der Waals surface area contributed by atoms with Crippen molar-refractivity contribution < 1.29 is 24.0 Å². The molecule has 0 spiro atoms. The minimum atomic E-state index is -0.588. The first-order valence-electron chi connectivity index (χ1n) is 9.60. The zero-order valence-electron chi connectivity index (χ0n) is 17.5. The lowest BCUT2D eigenvalue weighted by Crippen LogP contribution is -2.36. The second-order valence-corrected chi connectivity index (χ2v) is 6.79. The monoisotopic (exact) mass is 479 g/mol. The minimum absolute atomic E-state index is 0. The average molecular weight is 480 g/mol. The Hall–Kier alpha value is -3.75. The van der Waals surface area contributed by atoms with Crippen LogP contribution in [-0.4, -0.2) is 80.8 Å². The standard InChI is InChI=1S/C18H21N9O5.ClH/c1-30-14-3-2-11(8-13(14)28)9-20-22-18(29)15-12(10-26-4-6-31-7-5-26)21-25-27(15)17-16(19)23-32-24-17;/h2-3,8-9,28H,4-7,10H2,1H3,(H2,19,23)(H,22,29);1H/b20-9+;. The maximum atomic E-state index is 13.0. The largest absolute Gasteiger partial charge is 0.504 e. The number of ether oxygens (including phenoxy) is 2. The number of hydrogen-bond acceptors (Lipinski definition) is 12. The molecule has 4 N–H and O–H groups in total. The summed E-state index contributed by atoms with van der Waals surface area (Å²) in [6.07, 6.45) is 1.37. The summed E-state index contributed by atoms with van der Waals surface area (Å²) in [5, 5.41) is 29.2. The number of amides is 1. The van der Waals surface area contributed by atoms with Crippen LogP contribution in [-0.2, 0) is 11.3 Å². The molecular formula is C18H22ClN9O5. The first-order valence-corrected chi connectivity index (χ1v) is 9.60. The van der Waals surface area contributed by atoms with Crippen molar-refractivity contribution in [2.75, 3.05) is 39.1 Å². The summed E-state index contributed by atoms with van der Waals surface area (Å²) in [6.45, 7) is 2.94. The second-order valence-electron chi connectivity index (χ2n) is 6.79. The van der Waals surface area contributed by atoms with E-state index in [9.17, 15) is 9.90 Å². The number of aromatic nitrogens is 5. The number of benzene rings is 1. The zero-order valence-corrected chi connectivity index (χ0v) is 18.4. The number of hydrazone groups is 1. The highest BCUT2D eigenvalue weighted by Crippen LogP contribution is 2.25. The number of halogens is 1. The topological polar surface area (TPSA) is 179 Å². The zero-order chi connectivity index (χ0) is 22.5. The van der Waals surface area contributed by atoms with Crippen molar-refractivity contribution in [1.29, 1.82) is 0 Å². The number of morpholine rings is 1. The van der Waals surface area contributed by atoms with Crippen molar-refractivity contribution in [1.82, 2.24) is 35.6 Å². The fourth-order valence-corrected chi connectivity index (χ4v) is 3.11. The van der Waals surface area contributed by atoms with Crippen LogP contribution in [0.15, 0.2) is 27.9 Å². The van der Waals surface area contributed by atoms with Gasteiger partial charge in [0.15, 0.2) is 17.2 Å². The van der Waals surface area contributed by atoms with E-state index in [-0.39, 0.29) is 35.5 Å². The summed E-state index contributed by atoms with van der Waals surface area (Å²) < 4.78 is 16.1.